The number of hydrogen-bond acceptors (Lipinski definition) is 1. The van der Waals surface area contributed by atoms with E-state index in [2.05, 4.69) is 98.5 Å². The molecular formula is C22H27N. The van der Waals surface area contributed by atoms with Gasteiger partial charge < -0.3 is 4.90 Å². The van der Waals surface area contributed by atoms with Crippen LogP contribution in [-0.2, 0) is 0 Å². The molecule has 2 rings (SSSR count). The van der Waals surface area contributed by atoms with Gasteiger partial charge in [0.1, 0.15) is 0 Å². The fourth-order valence-corrected chi connectivity index (χ4v) is 2.61. The first kappa shape index (κ1) is 17.1. The van der Waals surface area contributed by atoms with Crippen LogP contribution in [0.5, 0.6) is 0 Å². The second-order valence-electron chi connectivity index (χ2n) is 5.80. The van der Waals surface area contributed by atoms with Gasteiger partial charge >= 0.3 is 0 Å². The van der Waals surface area contributed by atoms with E-state index in [0.29, 0.717) is 0 Å². The Bertz CT molecular complexity index is 635. The van der Waals surface area contributed by atoms with E-state index in [1.54, 1.807) is 0 Å². The normalized spacial score (nSPS) is 11.9. The van der Waals surface area contributed by atoms with Crippen molar-refractivity contribution in [2.45, 2.75) is 33.6 Å². The average Bonchev–Trinajstić information content (AvgIpc) is 2.59. The molecule has 2 aromatic carbocycles. The fourth-order valence-electron chi connectivity index (χ4n) is 2.61. The van der Waals surface area contributed by atoms with E-state index in [1.807, 2.05) is 0 Å². The molecule has 0 aliphatic rings. The quantitative estimate of drug-likeness (QED) is 0.532. The average molecular weight is 305 g/mol. The van der Waals surface area contributed by atoms with E-state index in [9.17, 15) is 0 Å². The zero-order valence-electron chi connectivity index (χ0n) is 14.5. The lowest BCUT2D eigenvalue weighted by molar-refractivity contribution is 0.922. The van der Waals surface area contributed by atoms with Crippen molar-refractivity contribution < 1.29 is 0 Å². The predicted octanol–water partition coefficient (Wildman–Crippen LogP) is 6.44. The van der Waals surface area contributed by atoms with Crippen LogP contribution in [-0.4, -0.2) is 6.54 Å². The maximum Gasteiger partial charge on any atom is 0.0415 e. The Balaban J connectivity index is 2.21. The molecule has 0 bridgehead atoms. The molecule has 0 saturated carbocycles. The van der Waals surface area contributed by atoms with E-state index >= 15 is 0 Å². The highest BCUT2D eigenvalue weighted by Gasteiger charge is 2.07. The van der Waals surface area contributed by atoms with Crippen molar-refractivity contribution in [3.8, 4) is 0 Å². The molecule has 0 N–H and O–H groups in total. The molecule has 0 unspecified atom stereocenters. The lowest BCUT2D eigenvalue weighted by Gasteiger charge is -2.24. The fraction of sp³-hybridized carbons (Fsp3) is 0.273. The molecule has 0 fully saturated rings. The summed E-state index contributed by atoms with van der Waals surface area (Å²) < 4.78 is 0. The van der Waals surface area contributed by atoms with Gasteiger partial charge in [-0.15, -0.1) is 0 Å². The van der Waals surface area contributed by atoms with Crippen LogP contribution in [0, 0.1) is 6.92 Å². The Hall–Kier alpha value is -2.28. The Morgan fingerprint density at radius 2 is 1.61 bits per heavy atom. The number of benzene rings is 2. The molecule has 1 nitrogen and oxygen atoms in total. The highest BCUT2D eigenvalue weighted by Crippen LogP contribution is 2.25. The minimum absolute atomic E-state index is 0.869. The third-order valence-corrected chi connectivity index (χ3v) is 3.94. The summed E-state index contributed by atoms with van der Waals surface area (Å²) in [6.45, 7) is 7.33. The second-order valence-corrected chi connectivity index (χ2v) is 5.80. The van der Waals surface area contributed by atoms with Crippen LogP contribution in [0.2, 0.25) is 0 Å². The summed E-state index contributed by atoms with van der Waals surface area (Å²) in [6, 6.07) is 19.3. The first-order chi connectivity index (χ1) is 11.2. The highest BCUT2D eigenvalue weighted by atomic mass is 15.1. The summed E-state index contributed by atoms with van der Waals surface area (Å²) in [5, 5.41) is 0. The van der Waals surface area contributed by atoms with Gasteiger partial charge in [-0.3, -0.25) is 0 Å². The summed E-state index contributed by atoms with van der Waals surface area (Å²) in [4.78, 5) is 2.34. The molecule has 0 amide bonds. The first-order valence-electron chi connectivity index (χ1n) is 8.45. The summed E-state index contributed by atoms with van der Waals surface area (Å²) >= 11 is 0. The predicted molar refractivity (Wildman–Crippen MR) is 102 cm³/mol. The molecular weight excluding hydrogens is 278 g/mol. The number of anilines is 2. The topological polar surface area (TPSA) is 3.24 Å². The van der Waals surface area contributed by atoms with Gasteiger partial charge in [-0.05, 0) is 44.5 Å². The lowest BCUT2D eigenvalue weighted by atomic mass is 10.1. The lowest BCUT2D eigenvalue weighted by Crippen LogP contribution is -2.16. The monoisotopic (exact) mass is 305 g/mol. The minimum atomic E-state index is 0.869. The van der Waals surface area contributed by atoms with Crippen LogP contribution in [0.4, 0.5) is 11.4 Å². The van der Waals surface area contributed by atoms with Gasteiger partial charge in [-0.25, -0.2) is 0 Å². The first-order valence-corrected chi connectivity index (χ1v) is 8.45. The molecule has 0 radical (unpaired) electrons. The summed E-state index contributed by atoms with van der Waals surface area (Å²) in [7, 11) is 0. The molecule has 0 saturated heterocycles. The SMILES string of the molecule is C/C=C(\C=C/CN(c1ccccc1)c1ccc(C)cc1)CCC. The molecule has 1 heteroatoms. The van der Waals surface area contributed by atoms with Gasteiger partial charge in [-0.1, -0.05) is 73.0 Å². The van der Waals surface area contributed by atoms with Crippen LogP contribution in [0.3, 0.4) is 0 Å². The van der Waals surface area contributed by atoms with Crippen LogP contribution in [0.15, 0.2) is 78.4 Å². The van der Waals surface area contributed by atoms with E-state index in [4.69, 9.17) is 0 Å². The second kappa shape index (κ2) is 8.99. The Kier molecular flexibility index (Phi) is 6.68. The smallest absolute Gasteiger partial charge is 0.0415 e. The van der Waals surface area contributed by atoms with Crippen molar-refractivity contribution in [3.63, 3.8) is 0 Å². The van der Waals surface area contributed by atoms with E-state index in [0.717, 1.165) is 13.0 Å². The number of para-hydroxylation sites is 1. The van der Waals surface area contributed by atoms with Gasteiger partial charge in [0.2, 0.25) is 0 Å². The molecule has 0 spiro atoms. The molecule has 0 aliphatic carbocycles. The molecule has 0 aromatic heterocycles. The number of aryl methyl sites for hydroxylation is 1. The molecule has 2 aromatic rings. The standard InChI is InChI=1S/C22H27N/c1-4-10-20(5-2)11-9-18-23(21-12-7-6-8-13-21)22-16-14-19(3)15-17-22/h5-9,11-17H,4,10,18H2,1-3H3/b11-9-,20-5-. The van der Waals surface area contributed by atoms with Crippen molar-refractivity contribution in [2.75, 3.05) is 11.4 Å². The zero-order valence-corrected chi connectivity index (χ0v) is 14.5. The van der Waals surface area contributed by atoms with Crippen molar-refractivity contribution >= 4 is 11.4 Å². The van der Waals surface area contributed by atoms with Gasteiger partial charge in [-0.2, -0.15) is 0 Å². The largest absolute Gasteiger partial charge is 0.338 e. The van der Waals surface area contributed by atoms with Crippen molar-refractivity contribution in [2.24, 2.45) is 0 Å². The Labute approximate surface area is 141 Å². The van der Waals surface area contributed by atoms with Crippen LogP contribution in [0.1, 0.15) is 32.3 Å². The van der Waals surface area contributed by atoms with Crippen LogP contribution in [0.25, 0.3) is 0 Å². The third kappa shape index (κ3) is 5.14. The Morgan fingerprint density at radius 3 is 2.22 bits per heavy atom. The molecule has 23 heavy (non-hydrogen) atoms. The maximum absolute atomic E-state index is 2.34. The Morgan fingerprint density at radius 1 is 0.957 bits per heavy atom. The summed E-state index contributed by atoms with van der Waals surface area (Å²) in [5.74, 6) is 0. The van der Waals surface area contributed by atoms with Gasteiger partial charge in [0, 0.05) is 17.9 Å². The van der Waals surface area contributed by atoms with Crippen LogP contribution < -0.4 is 4.90 Å². The molecule has 0 heterocycles. The number of hydrogen-bond donors (Lipinski definition) is 0. The van der Waals surface area contributed by atoms with E-state index in [-0.39, 0.29) is 0 Å². The molecule has 0 aliphatic heterocycles. The third-order valence-electron chi connectivity index (χ3n) is 3.94. The van der Waals surface area contributed by atoms with Crippen molar-refractivity contribution in [3.05, 3.63) is 84.0 Å². The number of nitrogens with zero attached hydrogens (tertiary/aromatic N) is 1. The van der Waals surface area contributed by atoms with Gasteiger partial charge in [0.25, 0.3) is 0 Å². The summed E-state index contributed by atoms with van der Waals surface area (Å²) in [5.41, 5.74) is 5.14. The summed E-state index contributed by atoms with van der Waals surface area (Å²) in [6.07, 6.45) is 9.05. The van der Waals surface area contributed by atoms with Crippen LogP contribution >= 0.6 is 0 Å². The van der Waals surface area contributed by atoms with Crippen molar-refractivity contribution in [1.82, 2.24) is 0 Å². The van der Waals surface area contributed by atoms with E-state index < -0.39 is 0 Å². The number of allylic oxidation sites excluding steroid dienone is 3. The number of rotatable bonds is 7. The minimum Gasteiger partial charge on any atom is -0.338 e. The highest BCUT2D eigenvalue weighted by molar-refractivity contribution is 5.63. The van der Waals surface area contributed by atoms with Crippen molar-refractivity contribution in [1.29, 1.82) is 0 Å². The maximum atomic E-state index is 2.34. The van der Waals surface area contributed by atoms with Gasteiger partial charge in [0.05, 0.1) is 0 Å². The zero-order chi connectivity index (χ0) is 16.5. The molecule has 120 valence electrons. The van der Waals surface area contributed by atoms with Gasteiger partial charge in [0.15, 0.2) is 0 Å². The van der Waals surface area contributed by atoms with E-state index in [1.165, 1.54) is 28.9 Å². The molecule has 0 atom stereocenters.